The predicted molar refractivity (Wildman–Crippen MR) is 117 cm³/mol. The number of ketones is 1. The van der Waals surface area contributed by atoms with E-state index in [4.69, 9.17) is 32.7 Å². The molecule has 2 aromatic rings. The van der Waals surface area contributed by atoms with Gasteiger partial charge in [0, 0.05) is 6.20 Å². The number of hydrogen-bond donors (Lipinski definition) is 1. The number of pyridine rings is 1. The van der Waals surface area contributed by atoms with E-state index < -0.39 is 11.2 Å². The number of Topliss-reactive ketones (excluding diaryl/α,β-unsaturated/α-hetero) is 1. The number of hydrogen-bond acceptors (Lipinski definition) is 5. The Labute approximate surface area is 185 Å². The van der Waals surface area contributed by atoms with Crippen LogP contribution in [0.3, 0.4) is 0 Å². The van der Waals surface area contributed by atoms with Crippen molar-refractivity contribution in [3.8, 4) is 11.6 Å². The normalized spacial score (nSPS) is 20.4. The first-order valence-electron chi connectivity index (χ1n) is 9.81. The molecule has 1 aliphatic heterocycles. The molecule has 0 spiro atoms. The maximum Gasteiger partial charge on any atom is 0.238 e. The summed E-state index contributed by atoms with van der Waals surface area (Å²) in [5.41, 5.74) is -0.110. The van der Waals surface area contributed by atoms with Crippen LogP contribution in [0.25, 0.3) is 5.57 Å². The van der Waals surface area contributed by atoms with Crippen molar-refractivity contribution in [2.45, 2.75) is 57.7 Å². The zero-order valence-electron chi connectivity index (χ0n) is 17.3. The summed E-state index contributed by atoms with van der Waals surface area (Å²) >= 11 is 12.1. The summed E-state index contributed by atoms with van der Waals surface area (Å²) in [6.07, 6.45) is 3.54. The SMILES string of the molecule is CC1(C)OC(C)(C)C(O)=C(c2cc(Oc3ncc(Cl)cc3Cl)ccc2C2CC2)C1=O. The monoisotopic (exact) mass is 447 g/mol. The van der Waals surface area contributed by atoms with Gasteiger partial charge < -0.3 is 14.6 Å². The molecule has 0 amide bonds. The molecule has 1 saturated carbocycles. The molecule has 2 aliphatic rings. The van der Waals surface area contributed by atoms with Crippen molar-refractivity contribution in [1.29, 1.82) is 0 Å². The molecular formula is C23H23Cl2NO4. The molecule has 2 heterocycles. The van der Waals surface area contributed by atoms with Gasteiger partial charge >= 0.3 is 0 Å². The van der Waals surface area contributed by atoms with E-state index in [2.05, 4.69) is 4.98 Å². The lowest BCUT2D eigenvalue weighted by atomic mass is 9.81. The minimum Gasteiger partial charge on any atom is -0.508 e. The molecule has 1 aromatic carbocycles. The number of aliphatic hydroxyl groups excluding tert-OH is 1. The van der Waals surface area contributed by atoms with Gasteiger partial charge in [-0.2, -0.15) is 0 Å². The molecule has 4 rings (SSSR count). The fourth-order valence-electron chi connectivity index (χ4n) is 3.85. The molecule has 0 bridgehead atoms. The van der Waals surface area contributed by atoms with Gasteiger partial charge in [0.05, 0.1) is 10.6 Å². The number of benzene rings is 1. The van der Waals surface area contributed by atoms with Crippen LogP contribution in [0.4, 0.5) is 0 Å². The lowest BCUT2D eigenvalue weighted by Gasteiger charge is -2.40. The number of aliphatic hydroxyl groups is 1. The molecule has 1 aromatic heterocycles. The minimum atomic E-state index is -1.07. The molecule has 1 N–H and O–H groups in total. The highest BCUT2D eigenvalue weighted by Crippen LogP contribution is 2.48. The summed E-state index contributed by atoms with van der Waals surface area (Å²) in [4.78, 5) is 17.4. The van der Waals surface area contributed by atoms with Crippen molar-refractivity contribution in [2.75, 3.05) is 0 Å². The van der Waals surface area contributed by atoms with Crippen molar-refractivity contribution < 1.29 is 19.4 Å². The first-order valence-corrected chi connectivity index (χ1v) is 10.6. The van der Waals surface area contributed by atoms with Crippen LogP contribution in [0, 0.1) is 0 Å². The third kappa shape index (κ3) is 3.82. The van der Waals surface area contributed by atoms with E-state index in [9.17, 15) is 9.90 Å². The molecule has 0 radical (unpaired) electrons. The van der Waals surface area contributed by atoms with E-state index in [1.165, 1.54) is 6.20 Å². The Kier molecular flexibility index (Phi) is 5.12. The molecule has 5 nitrogen and oxygen atoms in total. The number of carbonyl (C=O) groups excluding carboxylic acids is 1. The number of rotatable bonds is 4. The Morgan fingerprint density at radius 3 is 2.47 bits per heavy atom. The van der Waals surface area contributed by atoms with Gasteiger partial charge in [-0.15, -0.1) is 0 Å². The lowest BCUT2D eigenvalue weighted by Crippen LogP contribution is -2.49. The Hall–Kier alpha value is -2.08. The van der Waals surface area contributed by atoms with Crippen molar-refractivity contribution >= 4 is 34.6 Å². The van der Waals surface area contributed by atoms with Gasteiger partial charge in [-0.3, -0.25) is 4.79 Å². The van der Waals surface area contributed by atoms with Crippen LogP contribution < -0.4 is 4.74 Å². The van der Waals surface area contributed by atoms with Gasteiger partial charge in [-0.25, -0.2) is 4.98 Å². The first kappa shape index (κ1) is 21.2. The van der Waals surface area contributed by atoms with Crippen LogP contribution in [-0.2, 0) is 9.53 Å². The highest BCUT2D eigenvalue weighted by Gasteiger charge is 2.48. The van der Waals surface area contributed by atoms with Crippen LogP contribution in [0.2, 0.25) is 10.0 Å². The van der Waals surface area contributed by atoms with Crippen molar-refractivity contribution in [3.63, 3.8) is 0 Å². The van der Waals surface area contributed by atoms with Gasteiger partial charge in [0.15, 0.2) is 5.78 Å². The Bertz CT molecular complexity index is 1070. The van der Waals surface area contributed by atoms with Crippen molar-refractivity contribution in [2.24, 2.45) is 0 Å². The number of ether oxygens (including phenoxy) is 2. The summed E-state index contributed by atoms with van der Waals surface area (Å²) in [6, 6.07) is 7.07. The minimum absolute atomic E-state index is 0.0754. The zero-order valence-corrected chi connectivity index (χ0v) is 18.8. The van der Waals surface area contributed by atoms with Gasteiger partial charge in [0.2, 0.25) is 5.88 Å². The summed E-state index contributed by atoms with van der Waals surface area (Å²) in [6.45, 7) is 6.95. The second-order valence-corrected chi connectivity index (χ2v) is 9.58. The number of aromatic nitrogens is 1. The second-order valence-electron chi connectivity index (χ2n) is 8.74. The lowest BCUT2D eigenvalue weighted by molar-refractivity contribution is -0.158. The zero-order chi connectivity index (χ0) is 21.8. The number of halogens is 2. The summed E-state index contributed by atoms with van der Waals surface area (Å²) in [7, 11) is 0. The molecule has 30 heavy (non-hydrogen) atoms. The molecule has 158 valence electrons. The van der Waals surface area contributed by atoms with Crippen LogP contribution in [0.15, 0.2) is 36.2 Å². The van der Waals surface area contributed by atoms with Crippen molar-refractivity contribution in [3.05, 3.63) is 57.4 Å². The van der Waals surface area contributed by atoms with Gasteiger partial charge in [-0.05, 0) is 75.8 Å². The smallest absolute Gasteiger partial charge is 0.238 e. The fourth-order valence-corrected chi connectivity index (χ4v) is 4.27. The standard InChI is InChI=1S/C23H23Cl2NO4/c1-22(2)19(27)18(20(28)23(3,4)30-22)16-10-14(7-8-15(16)12-5-6-12)29-21-17(25)9-13(24)11-26-21/h7-12,27H,5-6H2,1-4H3. The molecule has 1 fully saturated rings. The van der Waals surface area contributed by atoms with Crippen molar-refractivity contribution in [1.82, 2.24) is 4.98 Å². The number of carbonyl (C=O) groups is 1. The van der Waals surface area contributed by atoms with E-state index in [0.29, 0.717) is 22.3 Å². The Balaban J connectivity index is 1.84. The second kappa shape index (κ2) is 7.26. The fraction of sp³-hybridized carbons (Fsp3) is 0.391. The Morgan fingerprint density at radius 2 is 1.83 bits per heavy atom. The Morgan fingerprint density at radius 1 is 1.13 bits per heavy atom. The van der Waals surface area contributed by atoms with Gasteiger partial charge in [-0.1, -0.05) is 29.3 Å². The van der Waals surface area contributed by atoms with Gasteiger partial charge in [0.1, 0.15) is 27.7 Å². The summed E-state index contributed by atoms with van der Waals surface area (Å²) < 4.78 is 11.8. The summed E-state index contributed by atoms with van der Waals surface area (Å²) in [5.74, 6) is 0.688. The topological polar surface area (TPSA) is 68.7 Å². The molecule has 0 unspecified atom stereocenters. The van der Waals surface area contributed by atoms with E-state index >= 15 is 0 Å². The number of nitrogens with zero attached hydrogens (tertiary/aromatic N) is 1. The van der Waals surface area contributed by atoms with E-state index in [-0.39, 0.29) is 28.0 Å². The van der Waals surface area contributed by atoms with Gasteiger partial charge in [0.25, 0.3) is 0 Å². The molecule has 0 atom stereocenters. The van der Waals surface area contributed by atoms with Crippen LogP contribution in [0.5, 0.6) is 11.6 Å². The first-order chi connectivity index (χ1) is 14.0. The molecule has 0 saturated heterocycles. The highest BCUT2D eigenvalue weighted by molar-refractivity contribution is 6.35. The van der Waals surface area contributed by atoms with Crippen LogP contribution in [-0.4, -0.2) is 27.1 Å². The van der Waals surface area contributed by atoms with E-state index in [1.807, 2.05) is 12.1 Å². The maximum absolute atomic E-state index is 13.3. The molecule has 7 heteroatoms. The average Bonchev–Trinajstić information content (AvgIpc) is 3.47. The quantitative estimate of drug-likeness (QED) is 0.580. The van der Waals surface area contributed by atoms with Crippen LogP contribution in [0.1, 0.15) is 57.6 Å². The molecular weight excluding hydrogens is 425 g/mol. The summed E-state index contributed by atoms with van der Waals surface area (Å²) in [5, 5.41) is 11.7. The molecule has 1 aliphatic carbocycles. The highest BCUT2D eigenvalue weighted by atomic mass is 35.5. The predicted octanol–water partition coefficient (Wildman–Crippen LogP) is 6.48. The largest absolute Gasteiger partial charge is 0.508 e. The third-order valence-electron chi connectivity index (χ3n) is 5.39. The third-order valence-corrected chi connectivity index (χ3v) is 5.87. The maximum atomic E-state index is 13.3. The van der Waals surface area contributed by atoms with E-state index in [1.54, 1.807) is 39.8 Å². The average molecular weight is 448 g/mol. The van der Waals surface area contributed by atoms with E-state index in [0.717, 1.165) is 18.4 Å². The van der Waals surface area contributed by atoms with Crippen LogP contribution >= 0.6 is 23.2 Å².